The number of nitrogens with one attached hydrogen (secondary N) is 1. The Labute approximate surface area is 172 Å². The largest absolute Gasteiger partial charge is 0.357 e. The van der Waals surface area contributed by atoms with E-state index in [0.717, 1.165) is 36.4 Å². The van der Waals surface area contributed by atoms with Gasteiger partial charge in [-0.2, -0.15) is 0 Å². The zero-order valence-corrected chi connectivity index (χ0v) is 19.2. The summed E-state index contributed by atoms with van der Waals surface area (Å²) in [5.74, 6) is 0.828. The van der Waals surface area contributed by atoms with E-state index in [0.29, 0.717) is 13.1 Å². The molecule has 9 heteroatoms. The number of carbonyl (C=O) groups excluding carboxylic acids is 1. The Morgan fingerprint density at radius 3 is 2.36 bits per heavy atom. The summed E-state index contributed by atoms with van der Waals surface area (Å²) < 4.78 is 0. The van der Waals surface area contributed by atoms with Crippen LogP contribution >= 0.6 is 35.3 Å². The van der Waals surface area contributed by atoms with Crippen molar-refractivity contribution < 1.29 is 4.79 Å². The lowest BCUT2D eigenvalue weighted by Gasteiger charge is -2.25. The smallest absolute Gasteiger partial charge is 0.242 e. The average Bonchev–Trinajstić information content (AvgIpc) is 3.01. The third-order valence-corrected chi connectivity index (χ3v) is 4.56. The van der Waals surface area contributed by atoms with Gasteiger partial charge in [0.25, 0.3) is 0 Å². The van der Waals surface area contributed by atoms with Crippen LogP contribution in [0.15, 0.2) is 10.4 Å². The minimum atomic E-state index is 0. The van der Waals surface area contributed by atoms with E-state index in [-0.39, 0.29) is 29.9 Å². The first-order valence-corrected chi connectivity index (χ1v) is 9.19. The number of anilines is 1. The fourth-order valence-electron chi connectivity index (χ4n) is 2.15. The number of thiazole rings is 1. The summed E-state index contributed by atoms with van der Waals surface area (Å²) in [5.41, 5.74) is 0.933. The molecule has 0 aliphatic heterocycles. The van der Waals surface area contributed by atoms with Crippen LogP contribution in [0.1, 0.15) is 26.5 Å². The lowest BCUT2D eigenvalue weighted by molar-refractivity contribution is -0.131. The Hall–Kier alpha value is -1.10. The number of amides is 1. The molecule has 0 aliphatic carbocycles. The number of likely N-dealkylation sites (N-methyl/N-ethyl adjacent to an activating group) is 2. The monoisotopic (exact) mass is 482 g/mol. The van der Waals surface area contributed by atoms with Crippen LogP contribution in [0.3, 0.4) is 0 Å². The predicted molar refractivity (Wildman–Crippen MR) is 117 cm³/mol. The molecule has 7 nitrogen and oxygen atoms in total. The summed E-state index contributed by atoms with van der Waals surface area (Å²) in [6.45, 7) is 9.01. The number of hydrogen-bond donors (Lipinski definition) is 1. The second-order valence-electron chi connectivity index (χ2n) is 5.61. The Bertz CT molecular complexity index is 544. The topological polar surface area (TPSA) is 64.1 Å². The van der Waals surface area contributed by atoms with Gasteiger partial charge in [-0.1, -0.05) is 0 Å². The summed E-state index contributed by atoms with van der Waals surface area (Å²) in [6, 6.07) is 0. The van der Waals surface area contributed by atoms with Crippen molar-refractivity contribution in [1.82, 2.24) is 20.1 Å². The van der Waals surface area contributed by atoms with Crippen LogP contribution in [-0.2, 0) is 11.3 Å². The molecular weight excluding hydrogens is 451 g/mol. The van der Waals surface area contributed by atoms with Crippen molar-refractivity contribution in [2.75, 3.05) is 52.2 Å². The second kappa shape index (κ2) is 12.3. The van der Waals surface area contributed by atoms with E-state index in [2.05, 4.69) is 15.3 Å². The molecule has 0 aliphatic rings. The van der Waals surface area contributed by atoms with E-state index in [9.17, 15) is 4.79 Å². The molecule has 1 aromatic heterocycles. The van der Waals surface area contributed by atoms with Gasteiger partial charge < -0.3 is 20.0 Å². The number of halogens is 1. The molecule has 1 rings (SSSR count). The van der Waals surface area contributed by atoms with Crippen LogP contribution < -0.4 is 10.2 Å². The molecule has 1 aromatic rings. The minimum Gasteiger partial charge on any atom is -0.357 e. The van der Waals surface area contributed by atoms with Crippen molar-refractivity contribution in [1.29, 1.82) is 0 Å². The van der Waals surface area contributed by atoms with E-state index < -0.39 is 0 Å². The third-order valence-electron chi connectivity index (χ3n) is 3.50. The van der Waals surface area contributed by atoms with Crippen LogP contribution in [0.25, 0.3) is 0 Å². The molecule has 0 atom stereocenters. The van der Waals surface area contributed by atoms with Crippen LogP contribution in [-0.4, -0.2) is 74.0 Å². The number of hydrogen-bond acceptors (Lipinski definition) is 5. The van der Waals surface area contributed by atoms with Gasteiger partial charge in [-0.05, 0) is 20.8 Å². The van der Waals surface area contributed by atoms with Crippen LogP contribution in [0, 0.1) is 0 Å². The van der Waals surface area contributed by atoms with Gasteiger partial charge in [0, 0.05) is 46.2 Å². The highest BCUT2D eigenvalue weighted by atomic mass is 127. The summed E-state index contributed by atoms with van der Waals surface area (Å²) in [7, 11) is 5.83. The molecule has 144 valence electrons. The Morgan fingerprint density at radius 2 is 1.88 bits per heavy atom. The van der Waals surface area contributed by atoms with Crippen molar-refractivity contribution in [2.24, 2.45) is 4.99 Å². The van der Waals surface area contributed by atoms with E-state index in [1.165, 1.54) is 0 Å². The lowest BCUT2D eigenvalue weighted by atomic mass is 10.4. The molecule has 25 heavy (non-hydrogen) atoms. The summed E-state index contributed by atoms with van der Waals surface area (Å²) in [6.07, 6.45) is 0. The fraction of sp³-hybridized carbons (Fsp3) is 0.688. The standard InChI is InChI=1S/C16H30N6OS.HI/c1-7-17-15(21(6)11-14(23)22(8-2)9-3)18-10-13-12-24-16(19-13)20(4)5;/h12H,7-11H2,1-6H3,(H,17,18);1H. The third kappa shape index (κ3) is 7.76. The first kappa shape index (κ1) is 23.9. The fourth-order valence-corrected chi connectivity index (χ4v) is 2.90. The highest BCUT2D eigenvalue weighted by Gasteiger charge is 2.15. The summed E-state index contributed by atoms with van der Waals surface area (Å²) >= 11 is 1.60. The second-order valence-corrected chi connectivity index (χ2v) is 6.44. The van der Waals surface area contributed by atoms with E-state index in [1.807, 2.05) is 62.0 Å². The van der Waals surface area contributed by atoms with Gasteiger partial charge in [-0.25, -0.2) is 9.98 Å². The molecule has 0 fully saturated rings. The molecule has 0 bridgehead atoms. The molecule has 0 spiro atoms. The molecule has 0 unspecified atom stereocenters. The number of aromatic nitrogens is 1. The van der Waals surface area contributed by atoms with E-state index in [1.54, 1.807) is 11.3 Å². The quantitative estimate of drug-likeness (QED) is 0.349. The van der Waals surface area contributed by atoms with Crippen molar-refractivity contribution in [3.63, 3.8) is 0 Å². The zero-order valence-electron chi connectivity index (χ0n) is 16.1. The SMILES string of the molecule is CCNC(=NCc1csc(N(C)C)n1)N(C)CC(=O)N(CC)CC.I. The predicted octanol–water partition coefficient (Wildman–Crippen LogP) is 2.09. The Kier molecular flexibility index (Phi) is 11.7. The summed E-state index contributed by atoms with van der Waals surface area (Å²) in [5, 5.41) is 6.22. The normalized spacial score (nSPS) is 10.9. The molecule has 1 amide bonds. The highest BCUT2D eigenvalue weighted by molar-refractivity contribution is 14.0. The Balaban J connectivity index is 0.00000576. The molecule has 1 heterocycles. The first-order valence-electron chi connectivity index (χ1n) is 8.31. The van der Waals surface area contributed by atoms with Crippen LogP contribution in [0.4, 0.5) is 5.13 Å². The number of nitrogens with zero attached hydrogens (tertiary/aromatic N) is 5. The van der Waals surface area contributed by atoms with Crippen molar-refractivity contribution in [3.05, 3.63) is 11.1 Å². The molecule has 0 saturated heterocycles. The average molecular weight is 482 g/mol. The van der Waals surface area contributed by atoms with Gasteiger partial charge in [0.1, 0.15) is 0 Å². The maximum atomic E-state index is 12.3. The van der Waals surface area contributed by atoms with Gasteiger partial charge in [-0.15, -0.1) is 35.3 Å². The van der Waals surface area contributed by atoms with Gasteiger partial charge in [0.2, 0.25) is 5.91 Å². The molecular formula is C16H31IN6OS. The zero-order chi connectivity index (χ0) is 18.1. The van der Waals surface area contributed by atoms with Gasteiger partial charge in [0.05, 0.1) is 18.8 Å². The molecule has 0 aromatic carbocycles. The van der Waals surface area contributed by atoms with E-state index >= 15 is 0 Å². The van der Waals surface area contributed by atoms with Gasteiger partial charge >= 0.3 is 0 Å². The number of aliphatic imine (C=N–C) groups is 1. The molecule has 0 radical (unpaired) electrons. The lowest BCUT2D eigenvalue weighted by Crippen LogP contribution is -2.45. The van der Waals surface area contributed by atoms with Crippen molar-refractivity contribution in [2.45, 2.75) is 27.3 Å². The number of guanidine groups is 1. The van der Waals surface area contributed by atoms with Gasteiger partial charge in [-0.3, -0.25) is 4.79 Å². The molecule has 1 N–H and O–H groups in total. The maximum absolute atomic E-state index is 12.3. The highest BCUT2D eigenvalue weighted by Crippen LogP contribution is 2.18. The van der Waals surface area contributed by atoms with Gasteiger partial charge in [0.15, 0.2) is 11.1 Å². The number of rotatable bonds is 8. The van der Waals surface area contributed by atoms with E-state index in [4.69, 9.17) is 0 Å². The summed E-state index contributed by atoms with van der Waals surface area (Å²) in [4.78, 5) is 27.1. The van der Waals surface area contributed by atoms with Crippen LogP contribution in [0.2, 0.25) is 0 Å². The van der Waals surface area contributed by atoms with Crippen molar-refractivity contribution in [3.8, 4) is 0 Å². The number of carbonyl (C=O) groups is 1. The molecule has 0 saturated carbocycles. The Morgan fingerprint density at radius 1 is 1.24 bits per heavy atom. The maximum Gasteiger partial charge on any atom is 0.242 e. The minimum absolute atomic E-state index is 0. The van der Waals surface area contributed by atoms with Crippen molar-refractivity contribution >= 4 is 52.3 Å². The van der Waals surface area contributed by atoms with Crippen LogP contribution in [0.5, 0.6) is 0 Å². The first-order chi connectivity index (χ1) is 11.4.